The van der Waals surface area contributed by atoms with Crippen LogP contribution in [0.2, 0.25) is 5.02 Å². The van der Waals surface area contributed by atoms with Crippen LogP contribution in [0.25, 0.3) is 0 Å². The predicted octanol–water partition coefficient (Wildman–Crippen LogP) is 4.51. The molecule has 0 bridgehead atoms. The lowest BCUT2D eigenvalue weighted by Crippen LogP contribution is -2.47. The van der Waals surface area contributed by atoms with Crippen LogP contribution in [-0.2, 0) is 6.42 Å². The second-order valence-electron chi connectivity index (χ2n) is 8.03. The van der Waals surface area contributed by atoms with Crippen molar-refractivity contribution in [2.75, 3.05) is 36.0 Å². The fraction of sp³-hybridized carbons (Fsp3) is 0.292. The number of piperazine rings is 1. The lowest BCUT2D eigenvalue weighted by Gasteiger charge is -2.36. The minimum atomic E-state index is -0.227. The fourth-order valence-electron chi connectivity index (χ4n) is 4.43. The molecular formula is C24H22ClFN4O. The molecule has 5 nitrogen and oxygen atoms in total. The van der Waals surface area contributed by atoms with Crippen LogP contribution in [0.4, 0.5) is 16.0 Å². The smallest absolute Gasteiger partial charge is 0.225 e. The highest BCUT2D eigenvalue weighted by Crippen LogP contribution is 2.35. The molecule has 31 heavy (non-hydrogen) atoms. The summed E-state index contributed by atoms with van der Waals surface area (Å²) in [6, 6.07) is 14.3. The number of benzene rings is 2. The fourth-order valence-corrected chi connectivity index (χ4v) is 4.72. The van der Waals surface area contributed by atoms with Crippen molar-refractivity contribution in [1.82, 2.24) is 9.97 Å². The van der Waals surface area contributed by atoms with Gasteiger partial charge in [-0.3, -0.25) is 4.79 Å². The maximum absolute atomic E-state index is 13.2. The molecule has 1 saturated heterocycles. The molecule has 5 rings (SSSR count). The first-order valence-corrected chi connectivity index (χ1v) is 10.9. The van der Waals surface area contributed by atoms with Crippen molar-refractivity contribution < 1.29 is 9.18 Å². The standard InChI is InChI=1S/C24H22ClFN4O/c25-21-4-2-1-3-19(21)16-13-22-20(23(31)14-16)15-27-24(28-22)30-11-9-29(10-12-30)18-7-5-17(26)6-8-18/h1-8,15-16H,9-14H2. The van der Waals surface area contributed by atoms with Gasteiger partial charge in [-0.1, -0.05) is 29.8 Å². The van der Waals surface area contributed by atoms with Crippen LogP contribution in [-0.4, -0.2) is 41.9 Å². The van der Waals surface area contributed by atoms with Crippen LogP contribution in [0.15, 0.2) is 54.7 Å². The number of rotatable bonds is 3. The van der Waals surface area contributed by atoms with E-state index in [1.807, 2.05) is 24.3 Å². The van der Waals surface area contributed by atoms with E-state index < -0.39 is 0 Å². The molecule has 0 amide bonds. The Morgan fingerprint density at radius 3 is 2.39 bits per heavy atom. The van der Waals surface area contributed by atoms with Crippen molar-refractivity contribution in [3.63, 3.8) is 0 Å². The minimum Gasteiger partial charge on any atom is -0.368 e. The summed E-state index contributed by atoms with van der Waals surface area (Å²) in [6.45, 7) is 3.12. The molecule has 2 aliphatic rings. The van der Waals surface area contributed by atoms with E-state index in [4.69, 9.17) is 16.6 Å². The van der Waals surface area contributed by atoms with Crippen molar-refractivity contribution in [2.45, 2.75) is 18.8 Å². The van der Waals surface area contributed by atoms with Crippen molar-refractivity contribution in [1.29, 1.82) is 0 Å². The lowest BCUT2D eigenvalue weighted by atomic mass is 9.82. The molecule has 158 valence electrons. The number of hydrogen-bond donors (Lipinski definition) is 0. The number of fused-ring (bicyclic) bond motifs is 1. The Labute approximate surface area is 185 Å². The molecule has 2 aromatic carbocycles. The Hall–Kier alpha value is -2.99. The van der Waals surface area contributed by atoms with Crippen LogP contribution in [0, 0.1) is 5.82 Å². The summed E-state index contributed by atoms with van der Waals surface area (Å²) in [5.74, 6) is 0.533. The summed E-state index contributed by atoms with van der Waals surface area (Å²) in [5, 5.41) is 0.690. The third-order valence-corrected chi connectivity index (χ3v) is 6.47. The number of halogens is 2. The van der Waals surface area contributed by atoms with E-state index in [-0.39, 0.29) is 17.5 Å². The predicted molar refractivity (Wildman–Crippen MR) is 120 cm³/mol. The van der Waals surface area contributed by atoms with Gasteiger partial charge in [0.25, 0.3) is 0 Å². The normalized spacial score (nSPS) is 18.8. The minimum absolute atomic E-state index is 0.0340. The van der Waals surface area contributed by atoms with Gasteiger partial charge in [0, 0.05) is 49.5 Å². The molecule has 0 spiro atoms. The van der Waals surface area contributed by atoms with Crippen LogP contribution in [0.3, 0.4) is 0 Å². The molecule has 1 aliphatic carbocycles. The third kappa shape index (κ3) is 4.00. The van der Waals surface area contributed by atoms with Gasteiger partial charge in [-0.05, 0) is 48.2 Å². The van der Waals surface area contributed by atoms with Crippen LogP contribution < -0.4 is 9.80 Å². The second kappa shape index (κ2) is 8.27. The highest BCUT2D eigenvalue weighted by Gasteiger charge is 2.30. The van der Waals surface area contributed by atoms with E-state index in [0.29, 0.717) is 29.4 Å². The number of carbonyl (C=O) groups excluding carboxylic acids is 1. The number of Topliss-reactive ketones (excluding diaryl/α,β-unsaturated/α-hetero) is 1. The Morgan fingerprint density at radius 1 is 0.935 bits per heavy atom. The monoisotopic (exact) mass is 436 g/mol. The molecule has 0 radical (unpaired) electrons. The zero-order valence-corrected chi connectivity index (χ0v) is 17.7. The van der Waals surface area contributed by atoms with Gasteiger partial charge in [-0.15, -0.1) is 0 Å². The Balaban J connectivity index is 1.32. The summed E-state index contributed by atoms with van der Waals surface area (Å²) in [5.41, 5.74) is 3.43. The van der Waals surface area contributed by atoms with E-state index in [1.54, 1.807) is 18.3 Å². The SMILES string of the molecule is O=C1CC(c2ccccc2Cl)Cc2nc(N3CCN(c4ccc(F)cc4)CC3)ncc21. The maximum Gasteiger partial charge on any atom is 0.225 e. The number of nitrogens with zero attached hydrogens (tertiary/aromatic N) is 4. The molecule has 0 saturated carbocycles. The molecule has 1 aliphatic heterocycles. The van der Waals surface area contributed by atoms with E-state index >= 15 is 0 Å². The van der Waals surface area contributed by atoms with Gasteiger partial charge in [0.15, 0.2) is 5.78 Å². The summed E-state index contributed by atoms with van der Waals surface area (Å²) < 4.78 is 13.2. The zero-order chi connectivity index (χ0) is 21.4. The maximum atomic E-state index is 13.2. The number of ketones is 1. The van der Waals surface area contributed by atoms with Gasteiger partial charge in [-0.25, -0.2) is 14.4 Å². The van der Waals surface area contributed by atoms with Gasteiger partial charge in [-0.2, -0.15) is 0 Å². The zero-order valence-electron chi connectivity index (χ0n) is 17.0. The molecule has 7 heteroatoms. The first-order valence-electron chi connectivity index (χ1n) is 10.5. The lowest BCUT2D eigenvalue weighted by molar-refractivity contribution is 0.0962. The summed E-state index contributed by atoms with van der Waals surface area (Å²) in [6.07, 6.45) is 2.78. The molecule has 1 atom stereocenters. The second-order valence-corrected chi connectivity index (χ2v) is 8.44. The summed E-state index contributed by atoms with van der Waals surface area (Å²) in [7, 11) is 0. The quantitative estimate of drug-likeness (QED) is 0.604. The highest BCUT2D eigenvalue weighted by molar-refractivity contribution is 6.31. The highest BCUT2D eigenvalue weighted by atomic mass is 35.5. The van der Waals surface area contributed by atoms with Gasteiger partial charge in [0.2, 0.25) is 5.95 Å². The summed E-state index contributed by atoms with van der Waals surface area (Å²) >= 11 is 6.38. The average Bonchev–Trinajstić information content (AvgIpc) is 2.79. The first kappa shape index (κ1) is 19.9. The number of aromatic nitrogens is 2. The third-order valence-electron chi connectivity index (χ3n) is 6.13. The Bertz CT molecular complexity index is 1110. The van der Waals surface area contributed by atoms with Crippen molar-refractivity contribution in [2.24, 2.45) is 0 Å². The molecule has 2 heterocycles. The van der Waals surface area contributed by atoms with E-state index in [0.717, 1.165) is 43.1 Å². The van der Waals surface area contributed by atoms with Crippen molar-refractivity contribution >= 4 is 29.0 Å². The number of carbonyl (C=O) groups is 1. The largest absolute Gasteiger partial charge is 0.368 e. The van der Waals surface area contributed by atoms with E-state index in [1.165, 1.54) is 12.1 Å². The van der Waals surface area contributed by atoms with Crippen LogP contribution >= 0.6 is 11.6 Å². The number of anilines is 2. The van der Waals surface area contributed by atoms with Crippen molar-refractivity contribution in [3.8, 4) is 0 Å². The van der Waals surface area contributed by atoms with Crippen LogP contribution in [0.5, 0.6) is 0 Å². The molecule has 1 fully saturated rings. The van der Waals surface area contributed by atoms with E-state index in [2.05, 4.69) is 14.8 Å². The number of hydrogen-bond acceptors (Lipinski definition) is 5. The average molecular weight is 437 g/mol. The molecular weight excluding hydrogens is 415 g/mol. The van der Waals surface area contributed by atoms with Gasteiger partial charge in [0.05, 0.1) is 11.3 Å². The molecule has 3 aromatic rings. The molecule has 1 aromatic heterocycles. The van der Waals surface area contributed by atoms with E-state index in [9.17, 15) is 9.18 Å². The Morgan fingerprint density at radius 2 is 1.65 bits per heavy atom. The van der Waals surface area contributed by atoms with Gasteiger partial charge in [0.1, 0.15) is 5.82 Å². The van der Waals surface area contributed by atoms with Gasteiger partial charge < -0.3 is 9.80 Å². The summed E-state index contributed by atoms with van der Waals surface area (Å²) in [4.78, 5) is 26.4. The molecule has 1 unspecified atom stereocenters. The first-order chi connectivity index (χ1) is 15.1. The van der Waals surface area contributed by atoms with Crippen LogP contribution in [0.1, 0.15) is 34.0 Å². The Kier molecular flexibility index (Phi) is 5.32. The molecule has 0 N–H and O–H groups in total. The van der Waals surface area contributed by atoms with Crippen molar-refractivity contribution in [3.05, 3.63) is 82.4 Å². The topological polar surface area (TPSA) is 49.3 Å². The van der Waals surface area contributed by atoms with Gasteiger partial charge >= 0.3 is 0 Å².